The third-order valence-electron chi connectivity index (χ3n) is 3.55. The van der Waals surface area contributed by atoms with E-state index in [4.69, 9.17) is 5.73 Å². The third kappa shape index (κ3) is 2.03. The molecule has 0 aliphatic rings. The van der Waals surface area contributed by atoms with Gasteiger partial charge in [0.2, 0.25) is 0 Å². The van der Waals surface area contributed by atoms with Crippen molar-refractivity contribution in [3.8, 4) is 11.4 Å². The molecule has 3 aromatic rings. The minimum absolute atomic E-state index is 0.525. The molecule has 0 radical (unpaired) electrons. The number of rotatable bonds is 2. The molecule has 0 saturated carbocycles. The molecule has 0 bridgehead atoms. The Morgan fingerprint density at radius 3 is 2.45 bits per heavy atom. The fourth-order valence-corrected chi connectivity index (χ4v) is 2.40. The van der Waals surface area contributed by atoms with Crippen LogP contribution in [0.1, 0.15) is 30.9 Å². The molecule has 0 aliphatic carbocycles. The van der Waals surface area contributed by atoms with Gasteiger partial charge in [0, 0.05) is 17.4 Å². The second-order valence-corrected chi connectivity index (χ2v) is 5.45. The topological polar surface area (TPSA) is 56.2 Å². The number of benzene rings is 1. The summed E-state index contributed by atoms with van der Waals surface area (Å²) >= 11 is 0. The molecule has 0 atom stereocenters. The molecule has 102 valence electrons. The molecule has 4 heteroatoms. The van der Waals surface area contributed by atoms with Gasteiger partial charge in [0.15, 0.2) is 11.5 Å². The summed E-state index contributed by atoms with van der Waals surface area (Å²) in [4.78, 5) is 0. The molecule has 0 fully saturated rings. The Morgan fingerprint density at radius 1 is 1.10 bits per heavy atom. The fraction of sp³-hybridized carbons (Fsp3) is 0.250. The lowest BCUT2D eigenvalue weighted by molar-refractivity contribution is 0.867. The third-order valence-corrected chi connectivity index (χ3v) is 3.55. The van der Waals surface area contributed by atoms with E-state index in [0.29, 0.717) is 5.92 Å². The van der Waals surface area contributed by atoms with Gasteiger partial charge in [-0.3, -0.25) is 4.40 Å². The maximum absolute atomic E-state index is 5.92. The largest absolute Gasteiger partial charge is 0.398 e. The Bertz CT molecular complexity index is 754. The van der Waals surface area contributed by atoms with Crippen molar-refractivity contribution in [1.29, 1.82) is 0 Å². The molecule has 1 aromatic carbocycles. The van der Waals surface area contributed by atoms with Crippen molar-refractivity contribution in [3.05, 3.63) is 47.7 Å². The molecule has 0 spiro atoms. The van der Waals surface area contributed by atoms with Crippen LogP contribution in [0.2, 0.25) is 0 Å². The first-order valence-electron chi connectivity index (χ1n) is 6.77. The maximum atomic E-state index is 5.92. The van der Waals surface area contributed by atoms with Crippen LogP contribution < -0.4 is 5.73 Å². The van der Waals surface area contributed by atoms with Gasteiger partial charge < -0.3 is 5.73 Å². The minimum Gasteiger partial charge on any atom is -0.398 e. The summed E-state index contributed by atoms with van der Waals surface area (Å²) in [7, 11) is 0. The highest BCUT2D eigenvalue weighted by Crippen LogP contribution is 2.23. The molecule has 0 amide bonds. The Balaban J connectivity index is 2.14. The summed E-state index contributed by atoms with van der Waals surface area (Å²) < 4.78 is 1.95. The van der Waals surface area contributed by atoms with E-state index in [1.54, 1.807) is 0 Å². The molecule has 0 saturated heterocycles. The van der Waals surface area contributed by atoms with Crippen molar-refractivity contribution in [3.63, 3.8) is 0 Å². The number of pyridine rings is 1. The van der Waals surface area contributed by atoms with Crippen LogP contribution in [0.15, 0.2) is 36.5 Å². The van der Waals surface area contributed by atoms with Crippen molar-refractivity contribution in [1.82, 2.24) is 14.6 Å². The van der Waals surface area contributed by atoms with Gasteiger partial charge in [0.25, 0.3) is 0 Å². The van der Waals surface area contributed by atoms with Gasteiger partial charge in [-0.15, -0.1) is 10.2 Å². The standard InChI is InChI=1S/C16H18N4/c1-10(2)12-4-6-13(7-5-12)16-19-18-15-11(3)8-14(17)9-20(15)16/h4-10H,17H2,1-3H3. The number of aryl methyl sites for hydroxylation is 1. The van der Waals surface area contributed by atoms with Crippen LogP contribution >= 0.6 is 0 Å². The number of nitrogens with zero attached hydrogens (tertiary/aromatic N) is 3. The van der Waals surface area contributed by atoms with Gasteiger partial charge in [-0.1, -0.05) is 38.1 Å². The van der Waals surface area contributed by atoms with E-state index in [9.17, 15) is 0 Å². The number of fused-ring (bicyclic) bond motifs is 1. The van der Waals surface area contributed by atoms with E-state index in [1.165, 1.54) is 5.56 Å². The van der Waals surface area contributed by atoms with Crippen LogP contribution in [0.25, 0.3) is 17.0 Å². The highest BCUT2D eigenvalue weighted by molar-refractivity contribution is 5.64. The summed E-state index contributed by atoms with van der Waals surface area (Å²) in [5, 5.41) is 8.55. The summed E-state index contributed by atoms with van der Waals surface area (Å²) in [5.41, 5.74) is 10.9. The van der Waals surface area contributed by atoms with Crippen molar-refractivity contribution in [2.75, 3.05) is 5.73 Å². The van der Waals surface area contributed by atoms with Crippen molar-refractivity contribution < 1.29 is 0 Å². The first-order valence-corrected chi connectivity index (χ1v) is 6.77. The Kier molecular flexibility index (Phi) is 2.93. The van der Waals surface area contributed by atoms with E-state index >= 15 is 0 Å². The van der Waals surface area contributed by atoms with Gasteiger partial charge in [-0.05, 0) is 30.0 Å². The van der Waals surface area contributed by atoms with E-state index in [2.05, 4.69) is 48.3 Å². The summed E-state index contributed by atoms with van der Waals surface area (Å²) in [6.45, 7) is 6.36. The number of anilines is 1. The zero-order chi connectivity index (χ0) is 14.3. The van der Waals surface area contributed by atoms with Gasteiger partial charge in [-0.25, -0.2) is 0 Å². The molecular weight excluding hydrogens is 248 g/mol. The predicted molar refractivity (Wildman–Crippen MR) is 81.7 cm³/mol. The molecular formula is C16H18N4. The maximum Gasteiger partial charge on any atom is 0.168 e. The zero-order valence-corrected chi connectivity index (χ0v) is 12.0. The first kappa shape index (κ1) is 12.7. The number of nitrogen functional groups attached to an aromatic ring is 1. The second kappa shape index (κ2) is 4.63. The monoisotopic (exact) mass is 266 g/mol. The summed E-state index contributed by atoms with van der Waals surface area (Å²) in [5.74, 6) is 1.35. The fourth-order valence-electron chi connectivity index (χ4n) is 2.40. The van der Waals surface area contributed by atoms with Gasteiger partial charge >= 0.3 is 0 Å². The lowest BCUT2D eigenvalue weighted by atomic mass is 10.0. The Morgan fingerprint density at radius 2 is 1.80 bits per heavy atom. The molecule has 20 heavy (non-hydrogen) atoms. The number of hydrogen-bond donors (Lipinski definition) is 1. The van der Waals surface area contributed by atoms with Crippen LogP contribution in [-0.2, 0) is 0 Å². The Labute approximate surface area is 118 Å². The lowest BCUT2D eigenvalue weighted by Crippen LogP contribution is -1.95. The van der Waals surface area contributed by atoms with Gasteiger partial charge in [0.1, 0.15) is 0 Å². The number of nitrogens with two attached hydrogens (primary N) is 1. The van der Waals surface area contributed by atoms with Crippen molar-refractivity contribution >= 4 is 11.3 Å². The first-order chi connectivity index (χ1) is 9.56. The van der Waals surface area contributed by atoms with Gasteiger partial charge in [-0.2, -0.15) is 0 Å². The minimum atomic E-state index is 0.525. The van der Waals surface area contributed by atoms with E-state index in [0.717, 1.165) is 28.3 Å². The van der Waals surface area contributed by atoms with Crippen LogP contribution in [0.5, 0.6) is 0 Å². The van der Waals surface area contributed by atoms with Crippen LogP contribution in [0, 0.1) is 6.92 Å². The quantitative estimate of drug-likeness (QED) is 0.773. The number of aromatic nitrogens is 3. The molecule has 0 unspecified atom stereocenters. The van der Waals surface area contributed by atoms with E-state index < -0.39 is 0 Å². The van der Waals surface area contributed by atoms with Crippen LogP contribution in [0.3, 0.4) is 0 Å². The highest BCUT2D eigenvalue weighted by Gasteiger charge is 2.10. The molecule has 2 aromatic heterocycles. The Hall–Kier alpha value is -2.36. The van der Waals surface area contributed by atoms with Crippen molar-refractivity contribution in [2.45, 2.75) is 26.7 Å². The molecule has 2 N–H and O–H groups in total. The highest BCUT2D eigenvalue weighted by atomic mass is 15.2. The van der Waals surface area contributed by atoms with Crippen LogP contribution in [-0.4, -0.2) is 14.6 Å². The smallest absolute Gasteiger partial charge is 0.168 e. The number of hydrogen-bond acceptors (Lipinski definition) is 3. The average molecular weight is 266 g/mol. The molecule has 0 aliphatic heterocycles. The molecule has 3 rings (SSSR count). The molecule has 4 nitrogen and oxygen atoms in total. The van der Waals surface area contributed by atoms with E-state index in [-0.39, 0.29) is 0 Å². The predicted octanol–water partition coefficient (Wildman–Crippen LogP) is 3.41. The van der Waals surface area contributed by atoms with E-state index in [1.807, 2.05) is 23.6 Å². The van der Waals surface area contributed by atoms with Crippen molar-refractivity contribution in [2.24, 2.45) is 0 Å². The van der Waals surface area contributed by atoms with Gasteiger partial charge in [0.05, 0.1) is 0 Å². The summed E-state index contributed by atoms with van der Waals surface area (Å²) in [6.07, 6.45) is 1.87. The zero-order valence-electron chi connectivity index (χ0n) is 12.0. The average Bonchev–Trinajstić information content (AvgIpc) is 2.82. The summed E-state index contributed by atoms with van der Waals surface area (Å²) in [6, 6.07) is 10.4. The van der Waals surface area contributed by atoms with Crippen LogP contribution in [0.4, 0.5) is 5.69 Å². The SMILES string of the molecule is Cc1cc(N)cn2c(-c3ccc(C(C)C)cc3)nnc12. The normalized spacial score (nSPS) is 11.4. The molecule has 2 heterocycles. The second-order valence-electron chi connectivity index (χ2n) is 5.45. The lowest BCUT2D eigenvalue weighted by Gasteiger charge is -2.07.